The van der Waals surface area contributed by atoms with Crippen LogP contribution in [0.25, 0.3) is 22.4 Å². The molecule has 0 atom stereocenters. The molecule has 1 aromatic heterocycles. The first-order valence-electron chi connectivity index (χ1n) is 10.0. The molecule has 4 rings (SSSR count). The molecule has 33 heavy (non-hydrogen) atoms. The van der Waals surface area contributed by atoms with Crippen LogP contribution in [-0.4, -0.2) is 36.8 Å². The molecule has 168 valence electrons. The number of phenolic OH excluding ortho intramolecular Hbond substituents is 1. The summed E-state index contributed by atoms with van der Waals surface area (Å²) in [5.41, 5.74) is 5.69. The van der Waals surface area contributed by atoms with Crippen LogP contribution >= 0.6 is 0 Å². The van der Waals surface area contributed by atoms with Gasteiger partial charge < -0.3 is 25.2 Å². The lowest BCUT2D eigenvalue weighted by molar-refractivity contribution is -0.159. The topological polar surface area (TPSA) is 125 Å². The third-order valence-electron chi connectivity index (χ3n) is 4.85. The summed E-state index contributed by atoms with van der Waals surface area (Å²) >= 11 is 0. The molecule has 0 spiro atoms. The molecule has 3 aromatic carbocycles. The number of phenols is 1. The van der Waals surface area contributed by atoms with Gasteiger partial charge in [0.25, 0.3) is 0 Å². The van der Waals surface area contributed by atoms with E-state index in [-0.39, 0.29) is 5.75 Å². The summed E-state index contributed by atoms with van der Waals surface area (Å²) in [6.07, 6.45) is 1.89. The van der Waals surface area contributed by atoms with E-state index in [9.17, 15) is 5.11 Å². The minimum atomic E-state index is -1.82. The van der Waals surface area contributed by atoms with Gasteiger partial charge in [0, 0.05) is 13.6 Å². The molecule has 0 aliphatic rings. The van der Waals surface area contributed by atoms with Crippen LogP contribution in [0.2, 0.25) is 0 Å². The Labute approximate surface area is 190 Å². The molecule has 4 N–H and O–H groups in total. The second kappa shape index (κ2) is 10.6. The predicted octanol–water partition coefficient (Wildman–Crippen LogP) is 4.23. The molecule has 0 aliphatic carbocycles. The van der Waals surface area contributed by atoms with Crippen molar-refractivity contribution in [3.63, 3.8) is 0 Å². The molecule has 0 radical (unpaired) electrons. The summed E-state index contributed by atoms with van der Waals surface area (Å²) in [6, 6.07) is 26.1. The van der Waals surface area contributed by atoms with Gasteiger partial charge in [-0.05, 0) is 34.4 Å². The van der Waals surface area contributed by atoms with Gasteiger partial charge in [-0.3, -0.25) is 0 Å². The Morgan fingerprint density at radius 3 is 1.94 bits per heavy atom. The Morgan fingerprint density at radius 2 is 1.36 bits per heavy atom. The van der Waals surface area contributed by atoms with Gasteiger partial charge in [-0.15, -0.1) is 0 Å². The molecular formula is C25H23N3O5. The molecule has 8 nitrogen and oxygen atoms in total. The van der Waals surface area contributed by atoms with E-state index < -0.39 is 11.9 Å². The fourth-order valence-electron chi connectivity index (χ4n) is 3.10. The lowest BCUT2D eigenvalue weighted by Crippen LogP contribution is -2.09. The lowest BCUT2D eigenvalue weighted by Gasteiger charge is -2.09. The highest BCUT2D eigenvalue weighted by molar-refractivity contribution is 6.27. The van der Waals surface area contributed by atoms with Crippen molar-refractivity contribution < 1.29 is 24.9 Å². The Bertz CT molecular complexity index is 1210. The molecule has 4 aromatic rings. The zero-order valence-electron chi connectivity index (χ0n) is 17.8. The summed E-state index contributed by atoms with van der Waals surface area (Å²) in [5, 5.41) is 27.5. The largest absolute Gasteiger partial charge is 0.508 e. The van der Waals surface area contributed by atoms with E-state index in [2.05, 4.69) is 63.4 Å². The van der Waals surface area contributed by atoms with Gasteiger partial charge >= 0.3 is 11.9 Å². The van der Waals surface area contributed by atoms with Crippen molar-refractivity contribution >= 4 is 17.9 Å². The van der Waals surface area contributed by atoms with Crippen molar-refractivity contribution in [2.24, 2.45) is 7.05 Å². The molecule has 0 saturated carbocycles. The number of hydrogen-bond donors (Lipinski definition) is 4. The number of anilines is 1. The quantitative estimate of drug-likeness (QED) is 0.339. The summed E-state index contributed by atoms with van der Waals surface area (Å²) in [4.78, 5) is 22.7. The highest BCUT2D eigenvalue weighted by Gasteiger charge is 2.09. The zero-order valence-corrected chi connectivity index (χ0v) is 17.8. The number of carboxylic acids is 2. The van der Waals surface area contributed by atoms with Gasteiger partial charge in [0.2, 0.25) is 5.95 Å². The number of aromatic nitrogens is 2. The number of nitrogens with one attached hydrogen (secondary N) is 1. The zero-order chi connectivity index (χ0) is 23.8. The average molecular weight is 445 g/mol. The molecule has 0 aliphatic heterocycles. The van der Waals surface area contributed by atoms with Crippen LogP contribution < -0.4 is 5.32 Å². The molecular weight excluding hydrogens is 422 g/mol. The van der Waals surface area contributed by atoms with E-state index >= 15 is 0 Å². The van der Waals surface area contributed by atoms with Crippen LogP contribution in [0.15, 0.2) is 85.1 Å². The van der Waals surface area contributed by atoms with Gasteiger partial charge in [-0.25, -0.2) is 14.6 Å². The van der Waals surface area contributed by atoms with Crippen LogP contribution in [0.3, 0.4) is 0 Å². The number of hydrogen-bond acceptors (Lipinski definition) is 5. The summed E-state index contributed by atoms with van der Waals surface area (Å²) in [7, 11) is 2.01. The minimum absolute atomic E-state index is 0.275. The van der Waals surface area contributed by atoms with E-state index in [0.29, 0.717) is 6.54 Å². The van der Waals surface area contributed by atoms with Gasteiger partial charge in [-0.2, -0.15) is 0 Å². The first-order valence-corrected chi connectivity index (χ1v) is 10.0. The SMILES string of the molecule is Cn1c(-c2ccc(-c3ccccc3)cc2)cnc1NCc1ccc(O)cc1.O=C(O)C(=O)O. The summed E-state index contributed by atoms with van der Waals surface area (Å²) in [5.74, 6) is -2.56. The third-order valence-corrected chi connectivity index (χ3v) is 4.85. The highest BCUT2D eigenvalue weighted by atomic mass is 16.4. The molecule has 0 bridgehead atoms. The fraction of sp³-hybridized carbons (Fsp3) is 0.0800. The van der Waals surface area contributed by atoms with Crippen LogP contribution in [0, 0.1) is 0 Å². The summed E-state index contributed by atoms with van der Waals surface area (Å²) in [6.45, 7) is 0.650. The fourth-order valence-corrected chi connectivity index (χ4v) is 3.10. The number of nitrogens with zero attached hydrogens (tertiary/aromatic N) is 2. The number of rotatable bonds is 5. The first-order chi connectivity index (χ1) is 15.8. The maximum atomic E-state index is 9.37. The highest BCUT2D eigenvalue weighted by Crippen LogP contribution is 2.26. The first kappa shape index (κ1) is 23.1. The number of benzene rings is 3. The monoisotopic (exact) mass is 445 g/mol. The number of aliphatic carboxylic acids is 2. The van der Waals surface area contributed by atoms with Crippen molar-refractivity contribution in [3.8, 4) is 28.1 Å². The summed E-state index contributed by atoms with van der Waals surface area (Å²) < 4.78 is 2.05. The molecule has 0 unspecified atom stereocenters. The van der Waals surface area contributed by atoms with E-state index in [0.717, 1.165) is 22.8 Å². The molecule has 0 fully saturated rings. The normalized spacial score (nSPS) is 10.1. The average Bonchev–Trinajstić information content (AvgIpc) is 3.20. The standard InChI is InChI=1S/C23H21N3O.C2H2O4/c1-26-22(16-25-23(26)24-15-17-7-13-21(27)14-8-17)20-11-9-19(10-12-20)18-5-3-2-4-6-18;3-1(4)2(5)6/h2-14,16,27H,15H2,1H3,(H,24,25);(H,3,4)(H,5,6). The number of aromatic hydroxyl groups is 1. The second-order valence-corrected chi connectivity index (χ2v) is 7.10. The van der Waals surface area contributed by atoms with Gasteiger partial charge in [0.05, 0.1) is 11.9 Å². The minimum Gasteiger partial charge on any atom is -0.508 e. The van der Waals surface area contributed by atoms with Crippen molar-refractivity contribution in [3.05, 3.63) is 90.6 Å². The molecule has 8 heteroatoms. The second-order valence-electron chi connectivity index (χ2n) is 7.10. The molecule has 0 amide bonds. The Balaban J connectivity index is 0.000000454. The van der Waals surface area contributed by atoms with E-state index in [4.69, 9.17) is 19.8 Å². The van der Waals surface area contributed by atoms with Crippen molar-refractivity contribution in [2.45, 2.75) is 6.54 Å². The Hall–Kier alpha value is -4.59. The van der Waals surface area contributed by atoms with Crippen LogP contribution in [0.5, 0.6) is 5.75 Å². The molecule has 0 saturated heterocycles. The van der Waals surface area contributed by atoms with Crippen LogP contribution in [0.4, 0.5) is 5.95 Å². The number of carbonyl (C=O) groups is 2. The Morgan fingerprint density at radius 1 is 0.818 bits per heavy atom. The van der Waals surface area contributed by atoms with Crippen molar-refractivity contribution in [1.82, 2.24) is 9.55 Å². The predicted molar refractivity (Wildman–Crippen MR) is 125 cm³/mol. The van der Waals surface area contributed by atoms with Crippen LogP contribution in [0.1, 0.15) is 5.56 Å². The van der Waals surface area contributed by atoms with E-state index in [1.54, 1.807) is 12.1 Å². The maximum absolute atomic E-state index is 9.37. The van der Waals surface area contributed by atoms with Crippen LogP contribution in [-0.2, 0) is 23.2 Å². The Kier molecular flexibility index (Phi) is 7.43. The maximum Gasteiger partial charge on any atom is 0.414 e. The third kappa shape index (κ3) is 6.20. The van der Waals surface area contributed by atoms with Gasteiger partial charge in [-0.1, -0.05) is 66.7 Å². The van der Waals surface area contributed by atoms with Gasteiger partial charge in [0.1, 0.15) is 5.75 Å². The number of carboxylic acid groups (broad SMARTS) is 2. The molecule has 1 heterocycles. The van der Waals surface area contributed by atoms with Crippen molar-refractivity contribution in [2.75, 3.05) is 5.32 Å². The number of imidazole rings is 1. The van der Waals surface area contributed by atoms with Gasteiger partial charge in [0.15, 0.2) is 0 Å². The van der Waals surface area contributed by atoms with E-state index in [1.165, 1.54) is 11.1 Å². The lowest BCUT2D eigenvalue weighted by atomic mass is 10.0. The van der Waals surface area contributed by atoms with Crippen molar-refractivity contribution in [1.29, 1.82) is 0 Å². The smallest absolute Gasteiger partial charge is 0.414 e. The van der Waals surface area contributed by atoms with E-state index in [1.807, 2.05) is 31.4 Å².